The van der Waals surface area contributed by atoms with Gasteiger partial charge in [-0.3, -0.25) is 9.59 Å². The van der Waals surface area contributed by atoms with Crippen LogP contribution in [-0.4, -0.2) is 18.9 Å². The van der Waals surface area contributed by atoms with Gasteiger partial charge in [-0.1, -0.05) is 19.1 Å². The maximum atomic E-state index is 12.0. The molecule has 0 spiro atoms. The first kappa shape index (κ1) is 11.6. The number of nitrogens with one attached hydrogen (secondary N) is 1. The molecule has 4 nitrogen and oxygen atoms in total. The van der Waals surface area contributed by atoms with Gasteiger partial charge in [0.1, 0.15) is 6.04 Å². The molecule has 0 saturated heterocycles. The minimum Gasteiger partial charge on any atom is -0.341 e. The fourth-order valence-corrected chi connectivity index (χ4v) is 2.15. The van der Waals surface area contributed by atoms with Crippen molar-refractivity contribution >= 4 is 17.5 Å². The first-order valence-electron chi connectivity index (χ1n) is 5.72. The van der Waals surface area contributed by atoms with Gasteiger partial charge in [-0.2, -0.15) is 0 Å². The molecule has 0 aliphatic carbocycles. The second-order valence-corrected chi connectivity index (χ2v) is 4.28. The van der Waals surface area contributed by atoms with E-state index in [1.807, 2.05) is 18.2 Å². The van der Waals surface area contributed by atoms with Crippen LogP contribution in [0.15, 0.2) is 18.2 Å². The van der Waals surface area contributed by atoms with Crippen molar-refractivity contribution in [2.24, 2.45) is 0 Å². The van der Waals surface area contributed by atoms with Crippen molar-refractivity contribution in [1.82, 2.24) is 5.32 Å². The van der Waals surface area contributed by atoms with Crippen molar-refractivity contribution in [2.75, 3.05) is 11.9 Å². The zero-order chi connectivity index (χ0) is 12.6. The third-order valence-electron chi connectivity index (χ3n) is 3.10. The summed E-state index contributed by atoms with van der Waals surface area (Å²) in [6, 6.07) is 5.42. The molecule has 2 amide bonds. The fourth-order valence-electron chi connectivity index (χ4n) is 2.15. The monoisotopic (exact) mass is 232 g/mol. The first-order chi connectivity index (χ1) is 8.04. The van der Waals surface area contributed by atoms with Crippen LogP contribution in [0.25, 0.3) is 0 Å². The molecular weight excluding hydrogens is 216 g/mol. The van der Waals surface area contributed by atoms with Gasteiger partial charge in [-0.15, -0.1) is 0 Å². The van der Waals surface area contributed by atoms with E-state index in [2.05, 4.69) is 12.2 Å². The number of amides is 2. The van der Waals surface area contributed by atoms with Crippen LogP contribution in [0, 0.1) is 0 Å². The van der Waals surface area contributed by atoms with Crippen molar-refractivity contribution in [1.29, 1.82) is 0 Å². The highest BCUT2D eigenvalue weighted by molar-refractivity contribution is 6.05. The summed E-state index contributed by atoms with van der Waals surface area (Å²) in [4.78, 5) is 24.7. The molecule has 1 N–H and O–H groups in total. The molecule has 90 valence electrons. The summed E-state index contributed by atoms with van der Waals surface area (Å²) in [6.07, 6.45) is 0.915. The maximum Gasteiger partial charge on any atom is 0.254 e. The lowest BCUT2D eigenvalue weighted by atomic mass is 10.0. The lowest BCUT2D eigenvalue weighted by molar-refractivity contribution is -0.125. The minimum atomic E-state index is -0.529. The molecule has 1 aliphatic rings. The Kier molecular flexibility index (Phi) is 2.88. The Morgan fingerprint density at radius 2 is 2.18 bits per heavy atom. The molecule has 0 unspecified atom stereocenters. The molecule has 0 radical (unpaired) electrons. The Morgan fingerprint density at radius 3 is 2.76 bits per heavy atom. The van der Waals surface area contributed by atoms with Crippen LogP contribution < -0.4 is 10.2 Å². The number of aryl methyl sites for hydroxylation is 1. The molecule has 2 rings (SSSR count). The summed E-state index contributed by atoms with van der Waals surface area (Å²) in [7, 11) is 1.73. The minimum absolute atomic E-state index is 0.0801. The second-order valence-electron chi connectivity index (χ2n) is 4.28. The van der Waals surface area contributed by atoms with Crippen molar-refractivity contribution in [3.05, 3.63) is 29.3 Å². The largest absolute Gasteiger partial charge is 0.341 e. The zero-order valence-electron chi connectivity index (χ0n) is 10.3. The number of anilines is 1. The van der Waals surface area contributed by atoms with E-state index in [1.165, 1.54) is 12.5 Å². The van der Waals surface area contributed by atoms with E-state index < -0.39 is 6.04 Å². The highest BCUT2D eigenvalue weighted by Gasteiger charge is 2.35. The number of nitrogens with zero attached hydrogens (tertiary/aromatic N) is 1. The van der Waals surface area contributed by atoms with Gasteiger partial charge in [-0.25, -0.2) is 0 Å². The Bertz CT molecular complexity index is 482. The normalized spacial score (nSPS) is 18.2. The van der Waals surface area contributed by atoms with E-state index in [1.54, 1.807) is 11.9 Å². The quantitative estimate of drug-likeness (QED) is 0.838. The number of likely N-dealkylation sites (N-methyl/N-ethyl adjacent to an activating group) is 1. The van der Waals surface area contributed by atoms with Gasteiger partial charge in [0, 0.05) is 25.2 Å². The lowest BCUT2D eigenvalue weighted by Crippen LogP contribution is -2.34. The highest BCUT2D eigenvalue weighted by atomic mass is 16.2. The predicted octanol–water partition coefficient (Wildman–Crippen LogP) is 1.40. The number of hydrogen-bond donors (Lipinski definition) is 1. The molecule has 17 heavy (non-hydrogen) atoms. The van der Waals surface area contributed by atoms with Crippen LogP contribution in [0.1, 0.15) is 31.0 Å². The van der Waals surface area contributed by atoms with Gasteiger partial charge >= 0.3 is 0 Å². The second kappa shape index (κ2) is 4.20. The van der Waals surface area contributed by atoms with E-state index in [0.29, 0.717) is 0 Å². The summed E-state index contributed by atoms with van der Waals surface area (Å²) in [5.41, 5.74) is 2.94. The van der Waals surface area contributed by atoms with E-state index in [4.69, 9.17) is 0 Å². The molecule has 1 atom stereocenters. The molecule has 1 aromatic carbocycles. The smallest absolute Gasteiger partial charge is 0.254 e. The van der Waals surface area contributed by atoms with Crippen molar-refractivity contribution in [3.8, 4) is 0 Å². The van der Waals surface area contributed by atoms with E-state index >= 15 is 0 Å². The molecule has 0 saturated carbocycles. The van der Waals surface area contributed by atoms with Crippen molar-refractivity contribution in [3.63, 3.8) is 0 Å². The fraction of sp³-hybridized carbons (Fsp3) is 0.385. The zero-order valence-corrected chi connectivity index (χ0v) is 10.3. The van der Waals surface area contributed by atoms with Gasteiger partial charge in [0.05, 0.1) is 0 Å². The van der Waals surface area contributed by atoms with E-state index in [9.17, 15) is 9.59 Å². The number of carbonyl (C=O) groups excluding carboxylic acids is 2. The van der Waals surface area contributed by atoms with Gasteiger partial charge in [0.25, 0.3) is 5.91 Å². The molecule has 1 aromatic rings. The van der Waals surface area contributed by atoms with E-state index in [-0.39, 0.29) is 11.8 Å². The molecule has 0 aromatic heterocycles. The van der Waals surface area contributed by atoms with Crippen LogP contribution >= 0.6 is 0 Å². The maximum absolute atomic E-state index is 12.0. The van der Waals surface area contributed by atoms with Gasteiger partial charge in [-0.05, 0) is 18.1 Å². The van der Waals surface area contributed by atoms with Crippen molar-refractivity contribution < 1.29 is 9.59 Å². The summed E-state index contributed by atoms with van der Waals surface area (Å²) in [6.45, 7) is 3.49. The number of benzene rings is 1. The SMILES string of the molecule is CCc1ccc2c(c1)[C@@H](NC(C)=O)C(=O)N2C. The third-order valence-corrected chi connectivity index (χ3v) is 3.10. The predicted molar refractivity (Wildman–Crippen MR) is 65.8 cm³/mol. The summed E-state index contributed by atoms with van der Waals surface area (Å²) in [5.74, 6) is -0.269. The molecule has 4 heteroatoms. The van der Waals surface area contributed by atoms with Crippen LogP contribution in [0.4, 0.5) is 5.69 Å². The first-order valence-corrected chi connectivity index (χ1v) is 5.72. The number of hydrogen-bond acceptors (Lipinski definition) is 2. The molecular formula is C13H16N2O2. The Labute approximate surface area is 101 Å². The molecule has 1 heterocycles. The topological polar surface area (TPSA) is 49.4 Å². The molecule has 1 aliphatic heterocycles. The van der Waals surface area contributed by atoms with Crippen LogP contribution in [-0.2, 0) is 16.0 Å². The summed E-state index contributed by atoms with van der Waals surface area (Å²) in [5, 5.41) is 2.70. The summed E-state index contributed by atoms with van der Waals surface area (Å²) >= 11 is 0. The van der Waals surface area contributed by atoms with Gasteiger partial charge in [0.15, 0.2) is 0 Å². The molecule has 0 fully saturated rings. The average molecular weight is 232 g/mol. The van der Waals surface area contributed by atoms with Crippen LogP contribution in [0.3, 0.4) is 0 Å². The molecule has 0 bridgehead atoms. The van der Waals surface area contributed by atoms with Crippen molar-refractivity contribution in [2.45, 2.75) is 26.3 Å². The van der Waals surface area contributed by atoms with Crippen LogP contribution in [0.5, 0.6) is 0 Å². The van der Waals surface area contributed by atoms with Gasteiger partial charge < -0.3 is 10.2 Å². The Balaban J connectivity index is 2.45. The van der Waals surface area contributed by atoms with Gasteiger partial charge in [0.2, 0.25) is 5.91 Å². The third kappa shape index (κ3) is 1.90. The summed E-state index contributed by atoms with van der Waals surface area (Å²) < 4.78 is 0. The van der Waals surface area contributed by atoms with Crippen LogP contribution in [0.2, 0.25) is 0 Å². The average Bonchev–Trinajstić information content (AvgIpc) is 2.53. The van der Waals surface area contributed by atoms with E-state index in [0.717, 1.165) is 17.7 Å². The Hall–Kier alpha value is -1.84. The highest BCUT2D eigenvalue weighted by Crippen LogP contribution is 2.35. The Morgan fingerprint density at radius 1 is 1.47 bits per heavy atom. The number of carbonyl (C=O) groups is 2. The lowest BCUT2D eigenvalue weighted by Gasteiger charge is -2.11. The number of fused-ring (bicyclic) bond motifs is 1. The number of rotatable bonds is 2. The standard InChI is InChI=1S/C13H16N2O2/c1-4-9-5-6-11-10(7-9)12(14-8(2)16)13(17)15(11)3/h5-7,12H,4H2,1-3H3,(H,14,16)/t12-/m1/s1.